The van der Waals surface area contributed by atoms with Crippen molar-refractivity contribution in [2.45, 2.75) is 0 Å². The summed E-state index contributed by atoms with van der Waals surface area (Å²) < 4.78 is 1.69. The fraction of sp³-hybridized carbons (Fsp3) is 0.333. The van der Waals surface area contributed by atoms with Gasteiger partial charge in [0.2, 0.25) is 0 Å². The first kappa shape index (κ1) is 18.7. The van der Waals surface area contributed by atoms with E-state index in [1.54, 1.807) is 4.68 Å². The van der Waals surface area contributed by atoms with Crippen molar-refractivity contribution in [1.82, 2.24) is 14.7 Å². The second kappa shape index (κ2) is 7.52. The molecule has 1 spiro atoms. The Balaban J connectivity index is 1.33. The van der Waals surface area contributed by atoms with Crippen LogP contribution in [-0.2, 0) is 7.05 Å². The zero-order valence-corrected chi connectivity index (χ0v) is 17.2. The number of aryl methyl sites for hydroxylation is 1. The molecule has 3 aromatic rings. The van der Waals surface area contributed by atoms with Crippen LogP contribution < -0.4 is 10.2 Å². The maximum absolute atomic E-state index is 13.1. The zero-order chi connectivity index (χ0) is 20.6. The Bertz CT molecular complexity index is 1010. The molecular weight excluding hydrogens is 374 g/mol. The number of nitrogens with one attached hydrogen (secondary N) is 1. The highest BCUT2D eigenvalue weighted by Gasteiger charge is 2.55. The Labute approximate surface area is 177 Å². The summed E-state index contributed by atoms with van der Waals surface area (Å²) in [5, 5.41) is 7.92. The van der Waals surface area contributed by atoms with Gasteiger partial charge in [0, 0.05) is 68.7 Å². The molecular formula is C24H27N5O. The molecule has 6 nitrogen and oxygen atoms in total. The zero-order valence-electron chi connectivity index (χ0n) is 17.2. The van der Waals surface area contributed by atoms with Gasteiger partial charge in [0.1, 0.15) is 5.69 Å². The lowest BCUT2D eigenvalue weighted by Gasteiger charge is -2.52. The van der Waals surface area contributed by atoms with Crippen molar-refractivity contribution in [3.05, 3.63) is 78.6 Å². The third-order valence-corrected chi connectivity index (χ3v) is 6.49. The van der Waals surface area contributed by atoms with Crippen LogP contribution in [0.15, 0.2) is 72.9 Å². The number of anilines is 2. The highest BCUT2D eigenvalue weighted by atomic mass is 16.2. The van der Waals surface area contributed by atoms with Crippen LogP contribution in [0.2, 0.25) is 0 Å². The summed E-state index contributed by atoms with van der Waals surface area (Å²) in [4.78, 5) is 17.5. The summed E-state index contributed by atoms with van der Waals surface area (Å²) in [6.45, 7) is 4.36. The largest absolute Gasteiger partial charge is 0.385 e. The lowest BCUT2D eigenvalue weighted by atomic mass is 9.71. The monoisotopic (exact) mass is 401 g/mol. The van der Waals surface area contributed by atoms with Crippen LogP contribution in [0.1, 0.15) is 10.5 Å². The quantitative estimate of drug-likeness (QED) is 0.714. The fourth-order valence-electron chi connectivity index (χ4n) is 4.85. The fourth-order valence-corrected chi connectivity index (χ4v) is 4.85. The lowest BCUT2D eigenvalue weighted by molar-refractivity contribution is 0.0755. The van der Waals surface area contributed by atoms with E-state index < -0.39 is 0 Å². The van der Waals surface area contributed by atoms with Crippen molar-refractivity contribution in [3.8, 4) is 0 Å². The highest BCUT2D eigenvalue weighted by molar-refractivity contribution is 5.92. The van der Waals surface area contributed by atoms with Gasteiger partial charge in [-0.15, -0.1) is 0 Å². The molecule has 5 rings (SSSR count). The number of carbonyl (C=O) groups is 1. The molecule has 6 heteroatoms. The maximum atomic E-state index is 13.1. The maximum Gasteiger partial charge on any atom is 0.274 e. The summed E-state index contributed by atoms with van der Waals surface area (Å²) in [5.74, 6) is 0.431. The third-order valence-electron chi connectivity index (χ3n) is 6.49. The number of para-hydroxylation sites is 2. The number of nitrogens with zero attached hydrogens (tertiary/aromatic N) is 4. The lowest BCUT2D eigenvalue weighted by Crippen LogP contribution is -2.61. The SMILES string of the molecule is Cn1ccc(C(=O)N2CC(CNc3ccccc3)C3(C2)CN(c2ccccc2)C3)n1. The van der Waals surface area contributed by atoms with Crippen LogP contribution in [0.4, 0.5) is 11.4 Å². The number of amides is 1. The molecule has 0 saturated carbocycles. The molecule has 1 N–H and O–H groups in total. The molecule has 1 unspecified atom stereocenters. The standard InChI is InChI=1S/C24H27N5O/c1-27-13-12-22(26-27)23(30)28-15-19(14-25-20-8-4-2-5-9-20)24(16-28)17-29(18-24)21-10-6-3-7-11-21/h2-13,19,25H,14-18H2,1H3. The number of carbonyl (C=O) groups excluding carboxylic acids is 1. The highest BCUT2D eigenvalue weighted by Crippen LogP contribution is 2.46. The van der Waals surface area contributed by atoms with E-state index in [0.717, 1.165) is 38.4 Å². The summed E-state index contributed by atoms with van der Waals surface area (Å²) >= 11 is 0. The molecule has 1 aromatic heterocycles. The molecule has 1 atom stereocenters. The smallest absolute Gasteiger partial charge is 0.274 e. The van der Waals surface area contributed by atoms with E-state index in [-0.39, 0.29) is 11.3 Å². The molecule has 2 fully saturated rings. The van der Waals surface area contributed by atoms with Crippen molar-refractivity contribution < 1.29 is 4.79 Å². The van der Waals surface area contributed by atoms with Crippen LogP contribution in [0.5, 0.6) is 0 Å². The molecule has 0 bridgehead atoms. The summed E-state index contributed by atoms with van der Waals surface area (Å²) in [6.07, 6.45) is 1.83. The van der Waals surface area contributed by atoms with Gasteiger partial charge in [-0.3, -0.25) is 9.48 Å². The van der Waals surface area contributed by atoms with Crippen molar-refractivity contribution in [2.75, 3.05) is 42.9 Å². The van der Waals surface area contributed by atoms with Gasteiger partial charge in [0.05, 0.1) is 0 Å². The Hall–Kier alpha value is -3.28. The van der Waals surface area contributed by atoms with E-state index in [2.05, 4.69) is 57.8 Å². The second-order valence-corrected chi connectivity index (χ2v) is 8.56. The Kier molecular flexibility index (Phi) is 4.69. The first-order valence-corrected chi connectivity index (χ1v) is 10.5. The Morgan fingerprint density at radius 2 is 1.73 bits per heavy atom. The molecule has 2 aliphatic rings. The minimum absolute atomic E-state index is 0.0374. The minimum Gasteiger partial charge on any atom is -0.385 e. The van der Waals surface area contributed by atoms with E-state index in [1.807, 2.05) is 42.4 Å². The first-order chi connectivity index (χ1) is 14.6. The van der Waals surface area contributed by atoms with E-state index in [0.29, 0.717) is 11.6 Å². The van der Waals surface area contributed by atoms with Crippen LogP contribution >= 0.6 is 0 Å². The Morgan fingerprint density at radius 3 is 2.40 bits per heavy atom. The topological polar surface area (TPSA) is 53.4 Å². The molecule has 154 valence electrons. The van der Waals surface area contributed by atoms with Crippen LogP contribution in [-0.4, -0.2) is 53.3 Å². The summed E-state index contributed by atoms with van der Waals surface area (Å²) in [7, 11) is 1.85. The molecule has 30 heavy (non-hydrogen) atoms. The van der Waals surface area contributed by atoms with Crippen LogP contribution in [0, 0.1) is 11.3 Å². The Morgan fingerprint density at radius 1 is 1.03 bits per heavy atom. The average Bonchev–Trinajstić information content (AvgIpc) is 3.36. The van der Waals surface area contributed by atoms with Gasteiger partial charge in [0.25, 0.3) is 5.91 Å². The number of likely N-dealkylation sites (tertiary alicyclic amines) is 1. The van der Waals surface area contributed by atoms with Crippen molar-refractivity contribution in [1.29, 1.82) is 0 Å². The molecule has 2 saturated heterocycles. The number of benzene rings is 2. The van der Waals surface area contributed by atoms with Crippen molar-refractivity contribution >= 4 is 17.3 Å². The average molecular weight is 402 g/mol. The normalized spacial score (nSPS) is 19.7. The molecule has 2 aromatic carbocycles. The van der Waals surface area contributed by atoms with E-state index >= 15 is 0 Å². The number of aromatic nitrogens is 2. The van der Waals surface area contributed by atoms with Crippen molar-refractivity contribution in [3.63, 3.8) is 0 Å². The molecule has 2 aliphatic heterocycles. The molecule has 0 radical (unpaired) electrons. The van der Waals surface area contributed by atoms with Gasteiger partial charge in [-0.25, -0.2) is 0 Å². The van der Waals surface area contributed by atoms with E-state index in [1.165, 1.54) is 5.69 Å². The van der Waals surface area contributed by atoms with Crippen LogP contribution in [0.25, 0.3) is 0 Å². The molecule has 1 amide bonds. The van der Waals surface area contributed by atoms with Gasteiger partial charge >= 0.3 is 0 Å². The van der Waals surface area contributed by atoms with E-state index in [4.69, 9.17) is 0 Å². The van der Waals surface area contributed by atoms with Gasteiger partial charge in [0.15, 0.2) is 0 Å². The van der Waals surface area contributed by atoms with Gasteiger partial charge in [-0.2, -0.15) is 5.10 Å². The first-order valence-electron chi connectivity index (χ1n) is 10.5. The van der Waals surface area contributed by atoms with Gasteiger partial charge in [-0.05, 0) is 30.3 Å². The molecule has 0 aliphatic carbocycles. The minimum atomic E-state index is 0.0374. The van der Waals surface area contributed by atoms with Crippen molar-refractivity contribution in [2.24, 2.45) is 18.4 Å². The number of hydrogen-bond donors (Lipinski definition) is 1. The van der Waals surface area contributed by atoms with Gasteiger partial charge < -0.3 is 15.1 Å². The van der Waals surface area contributed by atoms with Crippen LogP contribution in [0.3, 0.4) is 0 Å². The predicted octanol–water partition coefficient (Wildman–Crippen LogP) is 3.11. The summed E-state index contributed by atoms with van der Waals surface area (Å²) in [6, 6.07) is 22.7. The second-order valence-electron chi connectivity index (χ2n) is 8.56. The number of hydrogen-bond acceptors (Lipinski definition) is 4. The van der Waals surface area contributed by atoms with Gasteiger partial charge in [-0.1, -0.05) is 36.4 Å². The molecule has 3 heterocycles. The third kappa shape index (κ3) is 3.43. The summed E-state index contributed by atoms with van der Waals surface area (Å²) in [5.41, 5.74) is 3.03. The van der Waals surface area contributed by atoms with E-state index in [9.17, 15) is 4.79 Å². The number of rotatable bonds is 5. The predicted molar refractivity (Wildman–Crippen MR) is 119 cm³/mol.